The zero-order valence-electron chi connectivity index (χ0n) is 12.4. The van der Waals surface area contributed by atoms with E-state index in [-0.39, 0.29) is 41.2 Å². The Morgan fingerprint density at radius 1 is 1.00 bits per heavy atom. The molecule has 4 rings (SSSR count). The molecule has 1 heterocycles. The monoisotopic (exact) mass is 297 g/mol. The zero-order valence-corrected chi connectivity index (χ0v) is 12.4. The van der Waals surface area contributed by atoms with Gasteiger partial charge in [0.25, 0.3) is 0 Å². The van der Waals surface area contributed by atoms with E-state index in [0.29, 0.717) is 0 Å². The van der Waals surface area contributed by atoms with Crippen LogP contribution in [-0.2, 0) is 9.59 Å². The van der Waals surface area contributed by atoms with Gasteiger partial charge >= 0.3 is 0 Å². The maximum Gasteiger partial charge on any atom is 0.238 e. The van der Waals surface area contributed by atoms with Crippen LogP contribution in [0.1, 0.15) is 13.8 Å². The van der Waals surface area contributed by atoms with E-state index in [4.69, 9.17) is 0 Å². The van der Waals surface area contributed by atoms with Crippen LogP contribution in [0.25, 0.3) is 0 Å². The summed E-state index contributed by atoms with van der Waals surface area (Å²) >= 11 is 0. The standard InChI is InChI=1S/C18H16FNO2/c1-9(2)14-10-7-8-11(14)16-15(10)17(21)20(18(16)22)13-6-4-3-5-12(13)19/h3-8,10-11,15-16H,1-2H3/t10-,11-,15+,16+/m0/s1. The van der Waals surface area contributed by atoms with Gasteiger partial charge < -0.3 is 0 Å². The second-order valence-electron chi connectivity index (χ2n) is 6.41. The van der Waals surface area contributed by atoms with Gasteiger partial charge in [-0.05, 0) is 26.0 Å². The van der Waals surface area contributed by atoms with Crippen molar-refractivity contribution in [1.29, 1.82) is 0 Å². The first kappa shape index (κ1) is 13.4. The average Bonchev–Trinajstić information content (AvgIpc) is 3.11. The molecule has 3 nitrogen and oxygen atoms in total. The highest BCUT2D eigenvalue weighted by molar-refractivity contribution is 6.23. The number of hydrogen-bond acceptors (Lipinski definition) is 2. The van der Waals surface area contributed by atoms with Crippen molar-refractivity contribution in [3.63, 3.8) is 0 Å². The van der Waals surface area contributed by atoms with Gasteiger partial charge in [-0.15, -0.1) is 0 Å². The van der Waals surface area contributed by atoms with Crippen LogP contribution in [0, 0.1) is 29.5 Å². The number of carbonyl (C=O) groups excluding carboxylic acids is 2. The maximum atomic E-state index is 14.0. The van der Waals surface area contributed by atoms with Gasteiger partial charge in [0.05, 0.1) is 17.5 Å². The van der Waals surface area contributed by atoms with Crippen LogP contribution in [-0.4, -0.2) is 11.8 Å². The third-order valence-electron chi connectivity index (χ3n) is 5.09. The number of nitrogens with zero attached hydrogens (tertiary/aromatic N) is 1. The predicted octanol–water partition coefficient (Wildman–Crippen LogP) is 3.08. The Morgan fingerprint density at radius 2 is 1.55 bits per heavy atom. The summed E-state index contributed by atoms with van der Waals surface area (Å²) in [6.07, 6.45) is 4.06. The fraction of sp³-hybridized carbons (Fsp3) is 0.333. The molecule has 112 valence electrons. The fourth-order valence-electron chi connectivity index (χ4n) is 4.30. The maximum absolute atomic E-state index is 14.0. The third kappa shape index (κ3) is 1.50. The van der Waals surface area contributed by atoms with E-state index >= 15 is 0 Å². The fourth-order valence-corrected chi connectivity index (χ4v) is 4.30. The average molecular weight is 297 g/mol. The molecule has 0 radical (unpaired) electrons. The van der Waals surface area contributed by atoms with Gasteiger partial charge in [-0.3, -0.25) is 9.59 Å². The molecule has 2 fully saturated rings. The number of fused-ring (bicyclic) bond motifs is 5. The minimum Gasteiger partial charge on any atom is -0.274 e. The van der Waals surface area contributed by atoms with E-state index in [0.717, 1.165) is 4.90 Å². The van der Waals surface area contributed by atoms with Crippen LogP contribution in [0.2, 0.25) is 0 Å². The summed E-state index contributed by atoms with van der Waals surface area (Å²) in [7, 11) is 0. The minimum absolute atomic E-state index is 0.00627. The minimum atomic E-state index is -0.535. The summed E-state index contributed by atoms with van der Waals surface area (Å²) in [5.41, 5.74) is 2.45. The van der Waals surface area contributed by atoms with Crippen molar-refractivity contribution in [2.75, 3.05) is 4.90 Å². The Morgan fingerprint density at radius 3 is 2.05 bits per heavy atom. The largest absolute Gasteiger partial charge is 0.274 e. The highest BCUT2D eigenvalue weighted by atomic mass is 19.1. The summed E-state index contributed by atoms with van der Waals surface area (Å²) in [5.74, 6) is -1.82. The molecule has 2 bridgehead atoms. The molecule has 1 saturated heterocycles. The number of anilines is 1. The molecule has 3 aliphatic rings. The molecule has 0 N–H and O–H groups in total. The number of benzene rings is 1. The van der Waals surface area contributed by atoms with Crippen molar-refractivity contribution >= 4 is 17.5 Å². The van der Waals surface area contributed by atoms with Gasteiger partial charge in [0.1, 0.15) is 5.82 Å². The zero-order chi connectivity index (χ0) is 15.6. The lowest BCUT2D eigenvalue weighted by Gasteiger charge is -2.19. The molecule has 1 aromatic carbocycles. The number of halogens is 1. The first-order valence-electron chi connectivity index (χ1n) is 7.50. The first-order valence-corrected chi connectivity index (χ1v) is 7.50. The van der Waals surface area contributed by atoms with Gasteiger partial charge in [0.15, 0.2) is 0 Å². The molecule has 0 spiro atoms. The topological polar surface area (TPSA) is 37.4 Å². The van der Waals surface area contributed by atoms with E-state index in [1.807, 2.05) is 26.0 Å². The summed E-state index contributed by atoms with van der Waals surface area (Å²) in [6.45, 7) is 4.04. The summed E-state index contributed by atoms with van der Waals surface area (Å²) < 4.78 is 14.0. The molecule has 0 unspecified atom stereocenters. The Balaban J connectivity index is 1.80. The van der Waals surface area contributed by atoms with E-state index in [2.05, 4.69) is 0 Å². The number of allylic oxidation sites excluding steroid dienone is 4. The molecule has 2 amide bonds. The Kier molecular flexibility index (Phi) is 2.68. The van der Waals surface area contributed by atoms with Crippen molar-refractivity contribution in [3.05, 3.63) is 53.4 Å². The van der Waals surface area contributed by atoms with Crippen LogP contribution < -0.4 is 4.90 Å². The van der Waals surface area contributed by atoms with Crippen molar-refractivity contribution in [2.24, 2.45) is 23.7 Å². The van der Waals surface area contributed by atoms with Crippen molar-refractivity contribution < 1.29 is 14.0 Å². The van der Waals surface area contributed by atoms with Crippen molar-refractivity contribution in [1.82, 2.24) is 0 Å². The molecule has 4 atom stereocenters. The molecule has 1 aliphatic heterocycles. The van der Waals surface area contributed by atoms with E-state index < -0.39 is 5.82 Å². The number of amides is 2. The second-order valence-corrected chi connectivity index (χ2v) is 6.41. The van der Waals surface area contributed by atoms with Crippen molar-refractivity contribution in [2.45, 2.75) is 13.8 Å². The molecule has 2 aliphatic carbocycles. The Bertz CT molecular complexity index is 726. The predicted molar refractivity (Wildman–Crippen MR) is 80.4 cm³/mol. The van der Waals surface area contributed by atoms with E-state index in [1.54, 1.807) is 12.1 Å². The molecule has 0 aromatic heterocycles. The highest BCUT2D eigenvalue weighted by Crippen LogP contribution is 2.57. The van der Waals surface area contributed by atoms with Crippen LogP contribution >= 0.6 is 0 Å². The first-order chi connectivity index (χ1) is 10.5. The summed E-state index contributed by atoms with van der Waals surface area (Å²) in [6, 6.07) is 5.96. The van der Waals surface area contributed by atoms with Crippen LogP contribution in [0.15, 0.2) is 47.6 Å². The highest BCUT2D eigenvalue weighted by Gasteiger charge is 2.62. The second kappa shape index (κ2) is 4.38. The molecule has 22 heavy (non-hydrogen) atoms. The van der Waals surface area contributed by atoms with Crippen LogP contribution in [0.5, 0.6) is 0 Å². The lowest BCUT2D eigenvalue weighted by molar-refractivity contribution is -0.123. The number of imide groups is 1. The SMILES string of the molecule is CC(C)=C1[C@@H]2C=C[C@@H]1[C@H]1C(=O)N(c3ccccc3F)C(=O)[C@@H]12. The number of rotatable bonds is 1. The lowest BCUT2D eigenvalue weighted by Crippen LogP contribution is -2.33. The third-order valence-corrected chi connectivity index (χ3v) is 5.09. The van der Waals surface area contributed by atoms with Crippen LogP contribution in [0.3, 0.4) is 0 Å². The van der Waals surface area contributed by atoms with Gasteiger partial charge in [0.2, 0.25) is 11.8 Å². The quantitative estimate of drug-likeness (QED) is 0.590. The number of para-hydroxylation sites is 1. The van der Waals surface area contributed by atoms with E-state index in [9.17, 15) is 14.0 Å². The molecular formula is C18H16FNO2. The van der Waals surface area contributed by atoms with Gasteiger partial charge in [-0.2, -0.15) is 0 Å². The lowest BCUT2D eigenvalue weighted by atomic mass is 9.85. The normalized spacial score (nSPS) is 32.1. The number of carbonyl (C=O) groups is 2. The summed E-state index contributed by atoms with van der Waals surface area (Å²) in [4.78, 5) is 26.6. The Labute approximate surface area is 128 Å². The number of hydrogen-bond donors (Lipinski definition) is 0. The molecule has 1 saturated carbocycles. The van der Waals surface area contributed by atoms with Crippen molar-refractivity contribution in [3.8, 4) is 0 Å². The van der Waals surface area contributed by atoms with E-state index in [1.165, 1.54) is 23.3 Å². The Hall–Kier alpha value is -2.23. The van der Waals surface area contributed by atoms with Gasteiger partial charge in [-0.25, -0.2) is 9.29 Å². The smallest absolute Gasteiger partial charge is 0.238 e. The summed E-state index contributed by atoms with van der Waals surface area (Å²) in [5, 5.41) is 0. The van der Waals surface area contributed by atoms with Gasteiger partial charge in [0, 0.05) is 11.8 Å². The molecular weight excluding hydrogens is 281 g/mol. The molecule has 4 heteroatoms. The van der Waals surface area contributed by atoms with Crippen LogP contribution in [0.4, 0.5) is 10.1 Å². The molecule has 1 aromatic rings. The van der Waals surface area contributed by atoms with Gasteiger partial charge in [-0.1, -0.05) is 35.4 Å².